The molecule has 1 aliphatic rings. The van der Waals surface area contributed by atoms with Gasteiger partial charge in [0.2, 0.25) is 0 Å². The van der Waals surface area contributed by atoms with Crippen molar-refractivity contribution in [1.29, 1.82) is 0 Å². The number of halogens is 1. The van der Waals surface area contributed by atoms with Crippen LogP contribution in [0.1, 0.15) is 5.56 Å². The van der Waals surface area contributed by atoms with Gasteiger partial charge in [0.25, 0.3) is 0 Å². The highest BCUT2D eigenvalue weighted by atomic mass is 35.5. The van der Waals surface area contributed by atoms with Crippen LogP contribution in [0.2, 0.25) is 5.02 Å². The summed E-state index contributed by atoms with van der Waals surface area (Å²) >= 11 is 6.03. The average Bonchev–Trinajstić information content (AvgIpc) is 2.67. The summed E-state index contributed by atoms with van der Waals surface area (Å²) in [6, 6.07) is 15.3. The molecule has 1 aliphatic heterocycles. The van der Waals surface area contributed by atoms with Crippen molar-refractivity contribution in [2.45, 2.75) is 6.42 Å². The molecule has 1 saturated heterocycles. The van der Waals surface area contributed by atoms with Crippen LogP contribution in [0.4, 0.5) is 10.5 Å². The molecule has 1 heterocycles. The van der Waals surface area contributed by atoms with Gasteiger partial charge in [-0.25, -0.2) is 4.79 Å². The minimum Gasteiger partial charge on any atom is -0.497 e. The molecular formula is C20H24ClN3O2. The van der Waals surface area contributed by atoms with E-state index in [1.54, 1.807) is 7.11 Å². The summed E-state index contributed by atoms with van der Waals surface area (Å²) in [5.41, 5.74) is 1.99. The van der Waals surface area contributed by atoms with E-state index in [1.165, 1.54) is 5.56 Å². The Morgan fingerprint density at radius 1 is 1.12 bits per heavy atom. The third-order valence-corrected chi connectivity index (χ3v) is 4.82. The lowest BCUT2D eigenvalue weighted by atomic mass is 10.1. The van der Waals surface area contributed by atoms with E-state index in [0.29, 0.717) is 0 Å². The molecular weight excluding hydrogens is 350 g/mol. The van der Waals surface area contributed by atoms with Crippen molar-refractivity contribution in [3.63, 3.8) is 0 Å². The zero-order valence-corrected chi connectivity index (χ0v) is 15.7. The van der Waals surface area contributed by atoms with Gasteiger partial charge in [-0.3, -0.25) is 4.90 Å². The van der Waals surface area contributed by atoms with Crippen LogP contribution in [0.5, 0.6) is 5.75 Å². The van der Waals surface area contributed by atoms with Crippen LogP contribution < -0.4 is 10.1 Å². The summed E-state index contributed by atoms with van der Waals surface area (Å²) < 4.78 is 5.19. The maximum absolute atomic E-state index is 12.4. The molecule has 0 atom stereocenters. The molecule has 1 N–H and O–H groups in total. The smallest absolute Gasteiger partial charge is 0.321 e. The number of amides is 2. The normalized spacial score (nSPS) is 14.9. The first kappa shape index (κ1) is 18.5. The molecule has 1 fully saturated rings. The van der Waals surface area contributed by atoms with Crippen molar-refractivity contribution >= 4 is 23.3 Å². The predicted molar refractivity (Wildman–Crippen MR) is 105 cm³/mol. The van der Waals surface area contributed by atoms with Gasteiger partial charge >= 0.3 is 6.03 Å². The number of ether oxygens (including phenoxy) is 1. The van der Waals surface area contributed by atoms with Crippen LogP contribution in [0.3, 0.4) is 0 Å². The highest BCUT2D eigenvalue weighted by Gasteiger charge is 2.21. The number of carbonyl (C=O) groups is 1. The van der Waals surface area contributed by atoms with Gasteiger partial charge in [-0.05, 0) is 36.2 Å². The van der Waals surface area contributed by atoms with Crippen molar-refractivity contribution in [3.8, 4) is 5.75 Å². The van der Waals surface area contributed by atoms with Gasteiger partial charge < -0.3 is 15.0 Å². The Labute approximate surface area is 159 Å². The number of benzene rings is 2. The minimum atomic E-state index is -0.0623. The van der Waals surface area contributed by atoms with E-state index in [0.717, 1.165) is 55.6 Å². The fourth-order valence-electron chi connectivity index (χ4n) is 3.06. The fourth-order valence-corrected chi connectivity index (χ4v) is 3.27. The quantitative estimate of drug-likeness (QED) is 0.868. The van der Waals surface area contributed by atoms with Crippen LogP contribution in [0.25, 0.3) is 0 Å². The third-order valence-electron chi connectivity index (χ3n) is 4.59. The molecule has 0 radical (unpaired) electrons. The van der Waals surface area contributed by atoms with E-state index in [-0.39, 0.29) is 6.03 Å². The lowest BCUT2D eigenvalue weighted by Gasteiger charge is -2.34. The molecule has 2 aromatic rings. The molecule has 0 saturated carbocycles. The van der Waals surface area contributed by atoms with Crippen LogP contribution >= 0.6 is 11.6 Å². The van der Waals surface area contributed by atoms with Crippen LogP contribution in [-0.4, -0.2) is 55.7 Å². The maximum atomic E-state index is 12.4. The summed E-state index contributed by atoms with van der Waals surface area (Å²) in [6.07, 6.45) is 0.969. The standard InChI is InChI=1S/C20H24ClN3O2/c1-26-19-7-3-6-18(15-19)22-20(25)24-12-10-23(11-13-24)9-8-16-4-2-5-17(21)14-16/h2-7,14-15H,8-13H2,1H3,(H,22,25). The molecule has 0 unspecified atom stereocenters. The molecule has 0 aromatic heterocycles. The SMILES string of the molecule is COc1cccc(NC(=O)N2CCN(CCc3cccc(Cl)c3)CC2)c1. The number of methoxy groups -OCH3 is 1. The first-order valence-electron chi connectivity index (χ1n) is 8.81. The first-order valence-corrected chi connectivity index (χ1v) is 9.18. The predicted octanol–water partition coefficient (Wildman–Crippen LogP) is 3.74. The van der Waals surface area contributed by atoms with E-state index < -0.39 is 0 Å². The summed E-state index contributed by atoms with van der Waals surface area (Å²) in [5, 5.41) is 3.72. The van der Waals surface area contributed by atoms with E-state index >= 15 is 0 Å². The van der Waals surface area contributed by atoms with E-state index in [2.05, 4.69) is 16.3 Å². The van der Waals surface area contributed by atoms with Gasteiger partial charge in [0, 0.05) is 49.5 Å². The van der Waals surface area contributed by atoms with Gasteiger partial charge in [-0.1, -0.05) is 29.8 Å². The van der Waals surface area contributed by atoms with Crippen LogP contribution in [-0.2, 0) is 6.42 Å². The van der Waals surface area contributed by atoms with Crippen molar-refractivity contribution in [3.05, 3.63) is 59.1 Å². The largest absolute Gasteiger partial charge is 0.497 e. The van der Waals surface area contributed by atoms with E-state index in [1.807, 2.05) is 47.4 Å². The Hall–Kier alpha value is -2.24. The zero-order chi connectivity index (χ0) is 18.4. The number of hydrogen-bond acceptors (Lipinski definition) is 3. The van der Waals surface area contributed by atoms with Crippen LogP contribution in [0, 0.1) is 0 Å². The zero-order valence-electron chi connectivity index (χ0n) is 15.0. The van der Waals surface area contributed by atoms with Gasteiger partial charge in [-0.2, -0.15) is 0 Å². The lowest BCUT2D eigenvalue weighted by Crippen LogP contribution is -2.50. The molecule has 5 nitrogen and oxygen atoms in total. The van der Waals surface area contributed by atoms with Crippen molar-refractivity contribution in [2.75, 3.05) is 45.2 Å². The van der Waals surface area contributed by atoms with Crippen molar-refractivity contribution in [1.82, 2.24) is 9.80 Å². The second kappa shape index (κ2) is 8.92. The Morgan fingerprint density at radius 3 is 2.62 bits per heavy atom. The Morgan fingerprint density at radius 2 is 1.88 bits per heavy atom. The van der Waals surface area contributed by atoms with Crippen molar-refractivity contribution < 1.29 is 9.53 Å². The number of nitrogens with one attached hydrogen (secondary N) is 1. The molecule has 6 heteroatoms. The topological polar surface area (TPSA) is 44.8 Å². The minimum absolute atomic E-state index is 0.0623. The van der Waals surface area contributed by atoms with Gasteiger partial charge in [0.1, 0.15) is 5.75 Å². The molecule has 138 valence electrons. The summed E-state index contributed by atoms with van der Waals surface area (Å²) in [5.74, 6) is 0.730. The lowest BCUT2D eigenvalue weighted by molar-refractivity contribution is 0.148. The number of piperazine rings is 1. The highest BCUT2D eigenvalue weighted by Crippen LogP contribution is 2.17. The fraction of sp³-hybridized carbons (Fsp3) is 0.350. The summed E-state index contributed by atoms with van der Waals surface area (Å²) in [7, 11) is 1.61. The number of anilines is 1. The average molecular weight is 374 g/mol. The molecule has 2 aromatic carbocycles. The number of urea groups is 1. The van der Waals surface area contributed by atoms with E-state index in [4.69, 9.17) is 16.3 Å². The van der Waals surface area contributed by atoms with Gasteiger partial charge in [0.05, 0.1) is 7.11 Å². The Bertz CT molecular complexity index is 745. The molecule has 26 heavy (non-hydrogen) atoms. The first-order chi connectivity index (χ1) is 12.6. The van der Waals surface area contributed by atoms with E-state index in [9.17, 15) is 4.79 Å². The number of carbonyl (C=O) groups excluding carboxylic acids is 1. The van der Waals surface area contributed by atoms with Crippen LogP contribution in [0.15, 0.2) is 48.5 Å². The number of nitrogens with zero attached hydrogens (tertiary/aromatic N) is 2. The molecule has 0 aliphatic carbocycles. The van der Waals surface area contributed by atoms with Gasteiger partial charge in [-0.15, -0.1) is 0 Å². The van der Waals surface area contributed by atoms with Crippen molar-refractivity contribution in [2.24, 2.45) is 0 Å². The third kappa shape index (κ3) is 5.13. The Kier molecular flexibility index (Phi) is 6.36. The second-order valence-electron chi connectivity index (χ2n) is 6.37. The monoisotopic (exact) mass is 373 g/mol. The highest BCUT2D eigenvalue weighted by molar-refractivity contribution is 6.30. The Balaban J connectivity index is 1.44. The second-order valence-corrected chi connectivity index (χ2v) is 6.81. The number of hydrogen-bond donors (Lipinski definition) is 1. The van der Waals surface area contributed by atoms with Gasteiger partial charge in [0.15, 0.2) is 0 Å². The molecule has 2 amide bonds. The molecule has 3 rings (SSSR count). The molecule has 0 spiro atoms. The summed E-state index contributed by atoms with van der Waals surface area (Å²) in [4.78, 5) is 16.7. The molecule has 0 bridgehead atoms. The maximum Gasteiger partial charge on any atom is 0.321 e. The summed E-state index contributed by atoms with van der Waals surface area (Å²) in [6.45, 7) is 4.20. The number of rotatable bonds is 5.